The van der Waals surface area contributed by atoms with Gasteiger partial charge in [-0.3, -0.25) is 5.32 Å². The van der Waals surface area contributed by atoms with Crippen molar-refractivity contribution in [3.63, 3.8) is 0 Å². The molecule has 0 atom stereocenters. The van der Waals surface area contributed by atoms with Crippen LogP contribution in [-0.4, -0.2) is 29.4 Å². The van der Waals surface area contributed by atoms with E-state index < -0.39 is 21.1 Å². The summed E-state index contributed by atoms with van der Waals surface area (Å²) in [5.41, 5.74) is 1.27. The molecule has 2 N–H and O–H groups in total. The fraction of sp³-hybridized carbons (Fsp3) is 0.167. The molecule has 0 bridgehead atoms. The molecule has 0 aliphatic carbocycles. The molecule has 0 radical (unpaired) electrons. The molecule has 0 aromatic carbocycles. The first kappa shape index (κ1) is 16.1. The van der Waals surface area contributed by atoms with Gasteiger partial charge in [0.15, 0.2) is 5.03 Å². The molecule has 0 spiro atoms. The molecule has 22 heavy (non-hydrogen) atoms. The molecule has 8 nitrogen and oxygen atoms in total. The summed E-state index contributed by atoms with van der Waals surface area (Å²) in [4.78, 5) is 23.4. The second kappa shape index (κ2) is 6.24. The second-order valence-corrected chi connectivity index (χ2v) is 6.33. The molecule has 0 saturated heterocycles. The molecule has 10 heteroatoms. The Morgan fingerprint density at radius 1 is 1.23 bits per heavy atom. The van der Waals surface area contributed by atoms with E-state index >= 15 is 0 Å². The molecular weight excluding hydrogens is 330 g/mol. The summed E-state index contributed by atoms with van der Waals surface area (Å²) >= 11 is 5.76. The summed E-state index contributed by atoms with van der Waals surface area (Å²) in [7, 11) is -4.19. The number of aryl methyl sites for hydroxylation is 2. The fourth-order valence-electron chi connectivity index (χ4n) is 1.65. The molecule has 2 rings (SSSR count). The van der Waals surface area contributed by atoms with Gasteiger partial charge in [-0.05, 0) is 32.0 Å². The molecule has 0 aliphatic rings. The number of pyridine rings is 1. The van der Waals surface area contributed by atoms with Gasteiger partial charge < -0.3 is 0 Å². The number of anilines is 1. The van der Waals surface area contributed by atoms with Crippen molar-refractivity contribution in [1.29, 1.82) is 0 Å². The highest BCUT2D eigenvalue weighted by Gasteiger charge is 2.22. The van der Waals surface area contributed by atoms with E-state index in [0.717, 1.165) is 0 Å². The van der Waals surface area contributed by atoms with Gasteiger partial charge in [-0.1, -0.05) is 11.6 Å². The van der Waals surface area contributed by atoms with E-state index in [-0.39, 0.29) is 11.0 Å². The maximum absolute atomic E-state index is 12.0. The number of carbonyl (C=O) groups excluding carboxylic acids is 1. The van der Waals surface area contributed by atoms with Crippen molar-refractivity contribution in [1.82, 2.24) is 19.7 Å². The van der Waals surface area contributed by atoms with Gasteiger partial charge in [0.05, 0.1) is 5.02 Å². The number of amides is 2. The minimum Gasteiger partial charge on any atom is -0.275 e. The molecule has 0 saturated carbocycles. The van der Waals surface area contributed by atoms with Crippen LogP contribution in [-0.2, 0) is 10.0 Å². The first-order valence-electron chi connectivity index (χ1n) is 6.04. The second-order valence-electron chi connectivity index (χ2n) is 4.32. The van der Waals surface area contributed by atoms with Crippen LogP contribution in [0.2, 0.25) is 5.02 Å². The fourth-order valence-corrected chi connectivity index (χ4v) is 2.99. The van der Waals surface area contributed by atoms with Crippen LogP contribution in [0.25, 0.3) is 0 Å². The molecular formula is C12H12ClN5O3S. The number of halogens is 1. The van der Waals surface area contributed by atoms with Crippen molar-refractivity contribution in [2.45, 2.75) is 18.9 Å². The lowest BCUT2D eigenvalue weighted by Gasteiger charge is -2.08. The third-order valence-corrected chi connectivity index (χ3v) is 4.12. The van der Waals surface area contributed by atoms with E-state index in [2.05, 4.69) is 20.3 Å². The Bertz CT molecular complexity index is 805. The van der Waals surface area contributed by atoms with Gasteiger partial charge in [-0.25, -0.2) is 24.5 Å². The molecule has 0 unspecified atom stereocenters. The predicted octanol–water partition coefficient (Wildman–Crippen LogP) is 1.65. The van der Waals surface area contributed by atoms with Crippen LogP contribution in [0.5, 0.6) is 0 Å². The Morgan fingerprint density at radius 2 is 1.86 bits per heavy atom. The highest BCUT2D eigenvalue weighted by atomic mass is 35.5. The monoisotopic (exact) mass is 341 g/mol. The maximum atomic E-state index is 12.0. The van der Waals surface area contributed by atoms with Gasteiger partial charge in [-0.2, -0.15) is 8.42 Å². The Balaban J connectivity index is 2.16. The van der Waals surface area contributed by atoms with Crippen LogP contribution in [0.3, 0.4) is 0 Å². The maximum Gasteiger partial charge on any atom is 0.335 e. The Kier molecular flexibility index (Phi) is 4.57. The van der Waals surface area contributed by atoms with Crippen molar-refractivity contribution in [2.24, 2.45) is 0 Å². The largest absolute Gasteiger partial charge is 0.335 e. The average Bonchev–Trinajstić information content (AvgIpc) is 2.36. The third-order valence-electron chi connectivity index (χ3n) is 2.41. The summed E-state index contributed by atoms with van der Waals surface area (Å²) in [6, 6.07) is 3.54. The first-order valence-corrected chi connectivity index (χ1v) is 7.90. The molecule has 2 heterocycles. The highest BCUT2D eigenvalue weighted by Crippen LogP contribution is 2.17. The highest BCUT2D eigenvalue weighted by molar-refractivity contribution is 7.90. The molecule has 116 valence electrons. The molecule has 2 aromatic heterocycles. The summed E-state index contributed by atoms with van der Waals surface area (Å²) < 4.78 is 25.9. The number of nitrogens with one attached hydrogen (secondary N) is 2. The smallest absolute Gasteiger partial charge is 0.275 e. The lowest BCUT2D eigenvalue weighted by Crippen LogP contribution is -2.35. The summed E-state index contributed by atoms with van der Waals surface area (Å²) in [6.07, 6.45) is 1.26. The average molecular weight is 342 g/mol. The van der Waals surface area contributed by atoms with Gasteiger partial charge >= 0.3 is 6.03 Å². The van der Waals surface area contributed by atoms with Crippen LogP contribution >= 0.6 is 11.6 Å². The van der Waals surface area contributed by atoms with Crippen molar-refractivity contribution >= 4 is 33.6 Å². The van der Waals surface area contributed by atoms with Crippen LogP contribution in [0.1, 0.15) is 11.4 Å². The van der Waals surface area contributed by atoms with E-state index in [1.54, 1.807) is 24.6 Å². The number of hydrogen-bond donors (Lipinski definition) is 2. The predicted molar refractivity (Wildman–Crippen MR) is 80.1 cm³/mol. The summed E-state index contributed by atoms with van der Waals surface area (Å²) in [5.74, 6) is -0.00248. The SMILES string of the molecule is Cc1cc(C)nc(NC(=O)NS(=O)(=O)c2ncccc2Cl)n1. The lowest BCUT2D eigenvalue weighted by molar-refractivity contribution is 0.256. The molecule has 0 aliphatic heterocycles. The van der Waals surface area contributed by atoms with Crippen molar-refractivity contribution < 1.29 is 13.2 Å². The number of carbonyl (C=O) groups is 1. The number of hydrogen-bond acceptors (Lipinski definition) is 6. The number of urea groups is 1. The minimum absolute atomic E-state index is 0.00248. The number of rotatable bonds is 3. The van der Waals surface area contributed by atoms with Gasteiger partial charge in [0, 0.05) is 17.6 Å². The van der Waals surface area contributed by atoms with E-state index in [1.165, 1.54) is 18.3 Å². The number of nitrogens with zero attached hydrogens (tertiary/aromatic N) is 3. The van der Waals surface area contributed by atoms with E-state index in [9.17, 15) is 13.2 Å². The molecule has 2 amide bonds. The van der Waals surface area contributed by atoms with Gasteiger partial charge in [0.2, 0.25) is 5.95 Å². The van der Waals surface area contributed by atoms with Gasteiger partial charge in [-0.15, -0.1) is 0 Å². The van der Waals surface area contributed by atoms with Crippen molar-refractivity contribution in [2.75, 3.05) is 5.32 Å². The van der Waals surface area contributed by atoms with Crippen LogP contribution in [0.4, 0.5) is 10.7 Å². The van der Waals surface area contributed by atoms with Crippen LogP contribution in [0, 0.1) is 13.8 Å². The van der Waals surface area contributed by atoms with E-state index in [4.69, 9.17) is 11.6 Å². The Morgan fingerprint density at radius 3 is 2.45 bits per heavy atom. The normalized spacial score (nSPS) is 11.0. The lowest BCUT2D eigenvalue weighted by atomic mass is 10.4. The number of aromatic nitrogens is 3. The van der Waals surface area contributed by atoms with Gasteiger partial charge in [0.1, 0.15) is 0 Å². The van der Waals surface area contributed by atoms with Crippen molar-refractivity contribution in [3.8, 4) is 0 Å². The molecule has 0 fully saturated rings. The minimum atomic E-state index is -4.19. The topological polar surface area (TPSA) is 114 Å². The first-order chi connectivity index (χ1) is 10.3. The Labute approximate surface area is 132 Å². The van der Waals surface area contributed by atoms with Crippen LogP contribution in [0.15, 0.2) is 29.4 Å². The summed E-state index contributed by atoms with van der Waals surface area (Å²) in [6.45, 7) is 3.45. The Hall–Kier alpha value is -2.26. The van der Waals surface area contributed by atoms with Crippen molar-refractivity contribution in [3.05, 3.63) is 40.8 Å². The van der Waals surface area contributed by atoms with E-state index in [1.807, 2.05) is 0 Å². The third kappa shape index (κ3) is 3.89. The van der Waals surface area contributed by atoms with Gasteiger partial charge in [0.25, 0.3) is 10.0 Å². The number of sulfonamides is 1. The summed E-state index contributed by atoms with van der Waals surface area (Å²) in [5, 5.41) is 1.72. The zero-order valence-corrected chi connectivity index (χ0v) is 13.2. The van der Waals surface area contributed by atoms with Crippen LogP contribution < -0.4 is 10.0 Å². The molecule has 2 aromatic rings. The quantitative estimate of drug-likeness (QED) is 0.877. The van der Waals surface area contributed by atoms with E-state index in [0.29, 0.717) is 11.4 Å². The zero-order valence-electron chi connectivity index (χ0n) is 11.7. The zero-order chi connectivity index (χ0) is 16.3. The standard InChI is InChI=1S/C12H12ClN5O3S/c1-7-6-8(2)16-11(15-7)17-12(19)18-22(20,21)10-9(13)4-3-5-14-10/h3-6H,1-2H3,(H2,15,16,17,18,19).